The predicted molar refractivity (Wildman–Crippen MR) is 153 cm³/mol. The van der Waals surface area contributed by atoms with Gasteiger partial charge < -0.3 is 20.4 Å². The van der Waals surface area contributed by atoms with E-state index in [0.717, 1.165) is 31.0 Å². The first-order valence-corrected chi connectivity index (χ1v) is 14.7. The van der Waals surface area contributed by atoms with E-state index in [0.29, 0.717) is 17.2 Å². The molecule has 2 heterocycles. The summed E-state index contributed by atoms with van der Waals surface area (Å²) in [7, 11) is -3.19. The highest BCUT2D eigenvalue weighted by atomic mass is 35.5. The fourth-order valence-electron chi connectivity index (χ4n) is 4.12. The molecule has 0 unspecified atom stereocenters. The molecule has 11 nitrogen and oxygen atoms in total. The second-order valence-corrected chi connectivity index (χ2v) is 11.8. The lowest BCUT2D eigenvalue weighted by molar-refractivity contribution is 0.168. The molecule has 1 fully saturated rings. The molecule has 2 aromatic carbocycles. The number of carbonyl (C=O) groups is 1. The average Bonchev–Trinajstić information content (AvgIpc) is 3.72. The number of sulfonamides is 1. The van der Waals surface area contributed by atoms with Gasteiger partial charge in [0.25, 0.3) is 10.0 Å². The third-order valence-electron chi connectivity index (χ3n) is 6.36. The number of imidazole rings is 1. The number of H-pyrrole nitrogens is 1. The number of nitrogens with zero attached hydrogens (tertiary/aromatic N) is 3. The van der Waals surface area contributed by atoms with Gasteiger partial charge in [0.1, 0.15) is 22.2 Å². The number of aromatic amines is 1. The summed E-state index contributed by atoms with van der Waals surface area (Å²) in [6.07, 6.45) is 2.72. The molecule has 4 N–H and O–H groups in total. The molecule has 0 spiro atoms. The number of carbonyl (C=O) groups excluding carboxylic acids is 1. The molecule has 42 heavy (non-hydrogen) atoms. The fraction of sp³-hybridized carbons (Fsp3) is 0.259. The van der Waals surface area contributed by atoms with Crippen LogP contribution in [0.2, 0.25) is 5.02 Å². The van der Waals surface area contributed by atoms with Gasteiger partial charge in [-0.25, -0.2) is 36.9 Å². The van der Waals surface area contributed by atoms with Gasteiger partial charge in [-0.15, -0.1) is 0 Å². The Morgan fingerprint density at radius 1 is 1.17 bits per heavy atom. The Morgan fingerprint density at radius 3 is 2.60 bits per heavy atom. The van der Waals surface area contributed by atoms with Crippen molar-refractivity contribution in [3.05, 3.63) is 71.1 Å². The molecular formula is C27H26ClF2N7O4S. The van der Waals surface area contributed by atoms with Crippen LogP contribution < -0.4 is 15.4 Å². The largest absolute Gasteiger partial charge is 0.453 e. The van der Waals surface area contributed by atoms with Crippen molar-refractivity contribution in [2.45, 2.75) is 36.6 Å². The van der Waals surface area contributed by atoms with Crippen LogP contribution in [0.5, 0.6) is 0 Å². The second-order valence-electron chi connectivity index (χ2n) is 9.68. The van der Waals surface area contributed by atoms with Gasteiger partial charge in [0, 0.05) is 41.0 Å². The maximum Gasteiger partial charge on any atom is 0.407 e. The first-order valence-electron chi connectivity index (χ1n) is 12.8. The standard InChI is InChI=1S/C27H26ClF2N7O4S/c1-14(33-27(38)41-2)13-32-26-31-10-9-20(34-26)24-23(35-25(36-24)15-3-4-15)19-11-16(28)12-21(22(19)30)42(39,40)37-18-7-5-17(29)6-8-18/h5-12,14-15,37H,3-4,13H2,1-2H3,(H,33,38)(H,35,36)(H,31,32,34)/t14-/m0/s1. The second kappa shape index (κ2) is 11.9. The Kier molecular flexibility index (Phi) is 8.27. The van der Waals surface area contributed by atoms with Crippen LogP contribution in [-0.2, 0) is 14.8 Å². The van der Waals surface area contributed by atoms with Crippen LogP contribution in [0.15, 0.2) is 53.6 Å². The van der Waals surface area contributed by atoms with Crippen LogP contribution in [0.1, 0.15) is 31.5 Å². The molecule has 1 saturated carbocycles. The normalized spacial score (nSPS) is 13.8. The molecule has 1 aliphatic rings. The number of alkyl carbamates (subject to hydrolysis) is 1. The van der Waals surface area contributed by atoms with E-state index in [-0.39, 0.29) is 46.4 Å². The summed E-state index contributed by atoms with van der Waals surface area (Å²) in [5, 5.41) is 5.62. The highest BCUT2D eigenvalue weighted by molar-refractivity contribution is 7.92. The lowest BCUT2D eigenvalue weighted by Crippen LogP contribution is -2.37. The Bertz CT molecular complexity index is 1730. The van der Waals surface area contributed by atoms with Crippen LogP contribution in [0, 0.1) is 11.6 Å². The SMILES string of the molecule is COC(=O)N[C@@H](C)CNc1nccc(-c2[nH]c(C3CC3)nc2-c2cc(Cl)cc(S(=O)(=O)Nc3ccc(F)cc3)c2F)n1. The third kappa shape index (κ3) is 6.60. The van der Waals surface area contributed by atoms with Crippen LogP contribution in [0.4, 0.5) is 25.2 Å². The zero-order chi connectivity index (χ0) is 30.0. The summed E-state index contributed by atoms with van der Waals surface area (Å²) >= 11 is 6.30. The summed E-state index contributed by atoms with van der Waals surface area (Å²) in [4.78, 5) is 27.3. The fourth-order valence-corrected chi connectivity index (χ4v) is 5.59. The molecule has 220 valence electrons. The minimum Gasteiger partial charge on any atom is -0.453 e. The summed E-state index contributed by atoms with van der Waals surface area (Å²) < 4.78 is 62.6. The molecular weight excluding hydrogens is 592 g/mol. The van der Waals surface area contributed by atoms with Gasteiger partial charge in [-0.05, 0) is 62.2 Å². The summed E-state index contributed by atoms with van der Waals surface area (Å²) in [5.41, 5.74) is 0.735. The molecule has 1 aliphatic carbocycles. The number of amides is 1. The van der Waals surface area contributed by atoms with Gasteiger partial charge in [0.15, 0.2) is 5.82 Å². The smallest absolute Gasteiger partial charge is 0.407 e. The molecule has 0 radical (unpaired) electrons. The van der Waals surface area contributed by atoms with Gasteiger partial charge >= 0.3 is 6.09 Å². The molecule has 0 aliphatic heterocycles. The maximum atomic E-state index is 16.1. The van der Waals surface area contributed by atoms with Gasteiger partial charge in [0.2, 0.25) is 5.95 Å². The van der Waals surface area contributed by atoms with E-state index in [2.05, 4.69) is 40.0 Å². The number of rotatable bonds is 10. The Hall–Kier alpha value is -4.30. The van der Waals surface area contributed by atoms with Crippen molar-refractivity contribution in [3.8, 4) is 22.6 Å². The first kappa shape index (κ1) is 29.2. The number of ether oxygens (including phenoxy) is 1. The number of halogens is 3. The summed E-state index contributed by atoms with van der Waals surface area (Å²) in [5.74, 6) is -0.635. The minimum atomic E-state index is -4.46. The molecule has 15 heteroatoms. The van der Waals surface area contributed by atoms with Crippen LogP contribution in [0.3, 0.4) is 0 Å². The summed E-state index contributed by atoms with van der Waals surface area (Å²) in [6.45, 7) is 2.05. The van der Waals surface area contributed by atoms with Crippen molar-refractivity contribution >= 4 is 39.4 Å². The monoisotopic (exact) mass is 617 g/mol. The van der Waals surface area contributed by atoms with E-state index in [9.17, 15) is 17.6 Å². The summed E-state index contributed by atoms with van der Waals surface area (Å²) in [6, 6.07) is 8.18. The lowest BCUT2D eigenvalue weighted by Gasteiger charge is -2.14. The van der Waals surface area contributed by atoms with E-state index in [1.54, 1.807) is 13.0 Å². The number of hydrogen-bond acceptors (Lipinski definition) is 8. The number of benzene rings is 2. The zero-order valence-electron chi connectivity index (χ0n) is 22.4. The van der Waals surface area contributed by atoms with Crippen molar-refractivity contribution in [3.63, 3.8) is 0 Å². The maximum absolute atomic E-state index is 16.1. The van der Waals surface area contributed by atoms with Gasteiger partial charge in [-0.1, -0.05) is 11.6 Å². The number of anilines is 2. The predicted octanol–water partition coefficient (Wildman–Crippen LogP) is 5.30. The Balaban J connectivity index is 1.51. The Labute approximate surface area is 245 Å². The molecule has 1 amide bonds. The van der Waals surface area contributed by atoms with Crippen molar-refractivity contribution < 1.29 is 26.7 Å². The van der Waals surface area contributed by atoms with Gasteiger partial charge in [-0.3, -0.25) is 4.72 Å². The molecule has 4 aromatic rings. The lowest BCUT2D eigenvalue weighted by atomic mass is 10.1. The van der Waals surface area contributed by atoms with Crippen LogP contribution in [-0.4, -0.2) is 54.1 Å². The van der Waals surface area contributed by atoms with Gasteiger partial charge in [-0.2, -0.15) is 0 Å². The zero-order valence-corrected chi connectivity index (χ0v) is 24.0. The van der Waals surface area contributed by atoms with Crippen molar-refractivity contribution in [1.82, 2.24) is 25.3 Å². The number of methoxy groups -OCH3 is 1. The first-order chi connectivity index (χ1) is 20.0. The molecule has 1 atom stereocenters. The van der Waals surface area contributed by atoms with E-state index in [1.165, 1.54) is 31.5 Å². The van der Waals surface area contributed by atoms with Crippen molar-refractivity contribution in [2.75, 3.05) is 23.7 Å². The quantitative estimate of drug-likeness (QED) is 0.187. The minimum absolute atomic E-state index is 0.0371. The highest BCUT2D eigenvalue weighted by Gasteiger charge is 2.31. The highest BCUT2D eigenvalue weighted by Crippen LogP contribution is 2.43. The number of hydrogen-bond donors (Lipinski definition) is 4. The topological polar surface area (TPSA) is 151 Å². The van der Waals surface area contributed by atoms with Crippen LogP contribution in [0.25, 0.3) is 22.6 Å². The van der Waals surface area contributed by atoms with Crippen LogP contribution >= 0.6 is 11.6 Å². The molecule has 0 saturated heterocycles. The average molecular weight is 618 g/mol. The number of aromatic nitrogens is 4. The number of nitrogens with one attached hydrogen (secondary N) is 4. The molecule has 5 rings (SSSR count). The molecule has 0 bridgehead atoms. The Morgan fingerprint density at radius 2 is 1.90 bits per heavy atom. The van der Waals surface area contributed by atoms with E-state index in [4.69, 9.17) is 11.6 Å². The van der Waals surface area contributed by atoms with E-state index >= 15 is 4.39 Å². The third-order valence-corrected chi connectivity index (χ3v) is 7.96. The van der Waals surface area contributed by atoms with E-state index in [1.807, 2.05) is 0 Å². The molecule has 2 aromatic heterocycles. The van der Waals surface area contributed by atoms with Gasteiger partial charge in [0.05, 0.1) is 18.5 Å². The van der Waals surface area contributed by atoms with E-state index < -0.39 is 32.6 Å². The van der Waals surface area contributed by atoms with Crippen molar-refractivity contribution in [2.24, 2.45) is 0 Å². The van der Waals surface area contributed by atoms with Crippen molar-refractivity contribution in [1.29, 1.82) is 0 Å².